The summed E-state index contributed by atoms with van der Waals surface area (Å²) in [5.41, 5.74) is 3.14. The number of aryl methyl sites for hydroxylation is 3. The van der Waals surface area contributed by atoms with Crippen LogP contribution in [0.2, 0.25) is 0 Å². The number of aromatic nitrogens is 3. The highest BCUT2D eigenvalue weighted by molar-refractivity contribution is 5.85. The molecule has 0 spiro atoms. The molecule has 1 unspecified atom stereocenters. The molecule has 4 rings (SSSR count). The fraction of sp³-hybridized carbons (Fsp3) is 0.435. The Hall–Kier alpha value is -3.00. The normalized spacial score (nSPS) is 16.2. The van der Waals surface area contributed by atoms with Gasteiger partial charge < -0.3 is 10.1 Å². The van der Waals surface area contributed by atoms with Gasteiger partial charge in [0.1, 0.15) is 11.5 Å². The van der Waals surface area contributed by atoms with Gasteiger partial charge in [-0.15, -0.1) is 0 Å². The van der Waals surface area contributed by atoms with Crippen LogP contribution in [0.1, 0.15) is 36.1 Å². The van der Waals surface area contributed by atoms with Crippen molar-refractivity contribution in [3.05, 3.63) is 57.3 Å². The van der Waals surface area contributed by atoms with E-state index >= 15 is 0 Å². The first-order valence-electron chi connectivity index (χ1n) is 10.6. The zero-order chi connectivity index (χ0) is 22.1. The highest BCUT2D eigenvalue weighted by Crippen LogP contribution is 2.26. The highest BCUT2D eigenvalue weighted by Gasteiger charge is 2.21. The minimum absolute atomic E-state index is 0.0891. The molecule has 1 aliphatic rings. The summed E-state index contributed by atoms with van der Waals surface area (Å²) in [6, 6.07) is 6.12. The summed E-state index contributed by atoms with van der Waals surface area (Å²) >= 11 is 0. The average molecular weight is 426 g/mol. The van der Waals surface area contributed by atoms with Crippen LogP contribution in [-0.2, 0) is 23.0 Å². The van der Waals surface area contributed by atoms with E-state index in [9.17, 15) is 14.0 Å². The van der Waals surface area contributed by atoms with Crippen LogP contribution in [0.3, 0.4) is 0 Å². The van der Waals surface area contributed by atoms with Gasteiger partial charge in [-0.05, 0) is 56.9 Å². The number of benzene rings is 1. The zero-order valence-electron chi connectivity index (χ0n) is 18.1. The Morgan fingerprint density at radius 2 is 2.16 bits per heavy atom. The van der Waals surface area contributed by atoms with E-state index in [0.717, 1.165) is 36.1 Å². The maximum atomic E-state index is 13.8. The molecule has 1 amide bonds. The standard InChI is InChI=1S/C23H27FN4O3/c1-14-19(9-10-20(29)25-13-18-8-5-11-31-18)23(30)27(3)22-21(14)15(2)26-28(22)17-7-4-6-16(24)12-17/h4,6-7,12,18H,5,8-11,13H2,1-3H3,(H,25,29). The molecule has 0 aliphatic carbocycles. The first kappa shape index (κ1) is 21.2. The molecule has 164 valence electrons. The summed E-state index contributed by atoms with van der Waals surface area (Å²) in [7, 11) is 1.68. The lowest BCUT2D eigenvalue weighted by atomic mass is 10.0. The van der Waals surface area contributed by atoms with Crippen molar-refractivity contribution in [2.24, 2.45) is 7.05 Å². The molecule has 1 saturated heterocycles. The van der Waals surface area contributed by atoms with Crippen LogP contribution in [0.15, 0.2) is 29.1 Å². The van der Waals surface area contributed by atoms with E-state index < -0.39 is 0 Å². The fourth-order valence-corrected chi connectivity index (χ4v) is 4.32. The number of amides is 1. The summed E-state index contributed by atoms with van der Waals surface area (Å²) in [5, 5.41) is 8.32. The molecule has 3 heterocycles. The van der Waals surface area contributed by atoms with Gasteiger partial charge >= 0.3 is 0 Å². The first-order valence-corrected chi connectivity index (χ1v) is 10.6. The second-order valence-corrected chi connectivity index (χ2v) is 8.08. The van der Waals surface area contributed by atoms with Gasteiger partial charge in [0.15, 0.2) is 0 Å². The third-order valence-electron chi connectivity index (χ3n) is 5.95. The maximum Gasteiger partial charge on any atom is 0.255 e. The van der Waals surface area contributed by atoms with Gasteiger partial charge in [0.05, 0.1) is 17.5 Å². The van der Waals surface area contributed by atoms with E-state index in [1.54, 1.807) is 23.9 Å². The molecule has 2 aromatic heterocycles. The maximum absolute atomic E-state index is 13.8. The van der Waals surface area contributed by atoms with Crippen molar-refractivity contribution in [2.45, 2.75) is 45.6 Å². The Morgan fingerprint density at radius 1 is 1.35 bits per heavy atom. The van der Waals surface area contributed by atoms with Crippen molar-refractivity contribution >= 4 is 16.9 Å². The van der Waals surface area contributed by atoms with Crippen LogP contribution in [0, 0.1) is 19.7 Å². The number of hydrogen-bond acceptors (Lipinski definition) is 4. The number of rotatable bonds is 6. The molecule has 7 nitrogen and oxygen atoms in total. The number of fused-ring (bicyclic) bond motifs is 1. The Labute approximate surface area is 179 Å². The lowest BCUT2D eigenvalue weighted by Gasteiger charge is -2.13. The number of carbonyl (C=O) groups excluding carboxylic acids is 1. The van der Waals surface area contributed by atoms with Crippen molar-refractivity contribution in [2.75, 3.05) is 13.2 Å². The molecule has 1 N–H and O–H groups in total. The number of ether oxygens (including phenoxy) is 1. The van der Waals surface area contributed by atoms with E-state index in [2.05, 4.69) is 10.4 Å². The molecule has 0 saturated carbocycles. The molecule has 0 bridgehead atoms. The quantitative estimate of drug-likeness (QED) is 0.658. The Morgan fingerprint density at radius 3 is 2.87 bits per heavy atom. The molecule has 1 aliphatic heterocycles. The van der Waals surface area contributed by atoms with Gasteiger partial charge in [0.25, 0.3) is 5.56 Å². The summed E-state index contributed by atoms with van der Waals surface area (Å²) < 4.78 is 22.4. The molecular weight excluding hydrogens is 399 g/mol. The van der Waals surface area contributed by atoms with Crippen LogP contribution in [0.25, 0.3) is 16.7 Å². The predicted molar refractivity (Wildman–Crippen MR) is 116 cm³/mol. The van der Waals surface area contributed by atoms with Crippen molar-refractivity contribution in [3.63, 3.8) is 0 Å². The van der Waals surface area contributed by atoms with Crippen LogP contribution >= 0.6 is 0 Å². The minimum atomic E-state index is -0.369. The SMILES string of the molecule is Cc1nn(-c2cccc(F)c2)c2c1c(C)c(CCC(=O)NCC1CCCO1)c(=O)n2C. The van der Waals surface area contributed by atoms with Crippen molar-refractivity contribution in [3.8, 4) is 5.69 Å². The Bertz CT molecular complexity index is 1190. The molecule has 1 atom stereocenters. The number of hydrogen-bond donors (Lipinski definition) is 1. The van der Waals surface area contributed by atoms with Gasteiger partial charge in [-0.3, -0.25) is 14.2 Å². The molecule has 31 heavy (non-hydrogen) atoms. The molecule has 3 aromatic rings. The molecule has 1 aromatic carbocycles. The fourth-order valence-electron chi connectivity index (χ4n) is 4.32. The van der Waals surface area contributed by atoms with Crippen LogP contribution in [0.4, 0.5) is 4.39 Å². The van der Waals surface area contributed by atoms with Gasteiger partial charge in [-0.25, -0.2) is 9.07 Å². The molecular formula is C23H27FN4O3. The number of pyridine rings is 1. The van der Waals surface area contributed by atoms with E-state index in [4.69, 9.17) is 4.74 Å². The predicted octanol–water partition coefficient (Wildman–Crippen LogP) is 2.71. The van der Waals surface area contributed by atoms with Gasteiger partial charge in [-0.1, -0.05) is 6.07 Å². The lowest BCUT2D eigenvalue weighted by Crippen LogP contribution is -2.32. The van der Waals surface area contributed by atoms with E-state index in [0.29, 0.717) is 29.9 Å². The second kappa shape index (κ2) is 8.63. The van der Waals surface area contributed by atoms with Crippen LogP contribution in [0.5, 0.6) is 0 Å². The van der Waals surface area contributed by atoms with E-state index in [1.807, 2.05) is 13.8 Å². The summed E-state index contributed by atoms with van der Waals surface area (Å²) in [5.74, 6) is -0.463. The highest BCUT2D eigenvalue weighted by atomic mass is 19.1. The monoisotopic (exact) mass is 426 g/mol. The lowest BCUT2D eigenvalue weighted by molar-refractivity contribution is -0.121. The third-order valence-corrected chi connectivity index (χ3v) is 5.95. The van der Waals surface area contributed by atoms with Crippen molar-refractivity contribution in [1.82, 2.24) is 19.7 Å². The van der Waals surface area contributed by atoms with E-state index in [1.165, 1.54) is 16.7 Å². The third kappa shape index (κ3) is 4.12. The molecule has 8 heteroatoms. The molecule has 0 radical (unpaired) electrons. The number of halogens is 1. The number of carbonyl (C=O) groups is 1. The van der Waals surface area contributed by atoms with Crippen molar-refractivity contribution < 1.29 is 13.9 Å². The van der Waals surface area contributed by atoms with E-state index in [-0.39, 0.29) is 29.8 Å². The first-order chi connectivity index (χ1) is 14.9. The zero-order valence-corrected chi connectivity index (χ0v) is 18.1. The second-order valence-electron chi connectivity index (χ2n) is 8.08. The number of nitrogens with zero attached hydrogens (tertiary/aromatic N) is 3. The Balaban J connectivity index is 1.63. The summed E-state index contributed by atoms with van der Waals surface area (Å²) in [4.78, 5) is 25.4. The topological polar surface area (TPSA) is 78.2 Å². The van der Waals surface area contributed by atoms with Gasteiger partial charge in [0.2, 0.25) is 5.91 Å². The van der Waals surface area contributed by atoms with Crippen LogP contribution in [-0.4, -0.2) is 39.5 Å². The van der Waals surface area contributed by atoms with Crippen LogP contribution < -0.4 is 10.9 Å². The smallest absolute Gasteiger partial charge is 0.255 e. The molecule has 1 fully saturated rings. The minimum Gasteiger partial charge on any atom is -0.376 e. The van der Waals surface area contributed by atoms with Gasteiger partial charge in [0, 0.05) is 37.6 Å². The summed E-state index contributed by atoms with van der Waals surface area (Å²) in [6.07, 6.45) is 2.65. The largest absolute Gasteiger partial charge is 0.376 e. The van der Waals surface area contributed by atoms with Crippen molar-refractivity contribution in [1.29, 1.82) is 0 Å². The average Bonchev–Trinajstić information content (AvgIpc) is 3.38. The number of nitrogens with one attached hydrogen (secondary N) is 1. The van der Waals surface area contributed by atoms with Gasteiger partial charge in [-0.2, -0.15) is 5.10 Å². The summed E-state index contributed by atoms with van der Waals surface area (Å²) in [6.45, 7) is 5.01. The Kier molecular flexibility index (Phi) is 5.91.